The lowest BCUT2D eigenvalue weighted by molar-refractivity contribution is -0.0740. The Morgan fingerprint density at radius 1 is 1.20 bits per heavy atom. The molecule has 90 valence electrons. The van der Waals surface area contributed by atoms with Crippen molar-refractivity contribution in [2.75, 3.05) is 32.9 Å². The van der Waals surface area contributed by atoms with Gasteiger partial charge in [0.2, 0.25) is 0 Å². The molecule has 3 nitrogen and oxygen atoms in total. The highest BCUT2D eigenvalue weighted by molar-refractivity contribution is 4.81. The Kier molecular flexibility index (Phi) is 5.58. The molecule has 0 saturated carbocycles. The van der Waals surface area contributed by atoms with Crippen LogP contribution in [0.4, 0.5) is 0 Å². The van der Waals surface area contributed by atoms with E-state index >= 15 is 0 Å². The second kappa shape index (κ2) is 6.46. The second-order valence-electron chi connectivity index (χ2n) is 5.02. The third kappa shape index (κ3) is 5.50. The van der Waals surface area contributed by atoms with E-state index in [2.05, 4.69) is 26.1 Å². The highest BCUT2D eigenvalue weighted by Gasteiger charge is 2.26. The summed E-state index contributed by atoms with van der Waals surface area (Å²) in [6, 6.07) is 0. The van der Waals surface area contributed by atoms with E-state index in [1.807, 2.05) is 0 Å². The molecule has 3 heteroatoms. The molecule has 0 unspecified atom stereocenters. The first kappa shape index (κ1) is 12.9. The maximum Gasteiger partial charge on any atom is 0.0707 e. The van der Waals surface area contributed by atoms with Gasteiger partial charge in [-0.05, 0) is 38.8 Å². The first-order valence-corrected chi connectivity index (χ1v) is 6.05. The quantitative estimate of drug-likeness (QED) is 0.686. The summed E-state index contributed by atoms with van der Waals surface area (Å²) in [6.45, 7) is 11.0. The van der Waals surface area contributed by atoms with E-state index in [4.69, 9.17) is 9.47 Å². The van der Waals surface area contributed by atoms with Crippen molar-refractivity contribution in [2.24, 2.45) is 5.92 Å². The molecule has 0 spiro atoms. The van der Waals surface area contributed by atoms with E-state index in [0.717, 1.165) is 45.8 Å². The summed E-state index contributed by atoms with van der Waals surface area (Å²) in [6.07, 6.45) is 2.22. The highest BCUT2D eigenvalue weighted by Crippen LogP contribution is 2.21. The number of ether oxygens (including phenoxy) is 2. The molecule has 1 aliphatic rings. The SMILES string of the molecule is CC(C)COCCOC1(C)CCNCC1. The van der Waals surface area contributed by atoms with Crippen LogP contribution in [0, 0.1) is 5.92 Å². The molecule has 1 heterocycles. The Morgan fingerprint density at radius 2 is 1.87 bits per heavy atom. The van der Waals surface area contributed by atoms with Gasteiger partial charge >= 0.3 is 0 Å². The number of hydrogen-bond acceptors (Lipinski definition) is 3. The van der Waals surface area contributed by atoms with Gasteiger partial charge in [-0.2, -0.15) is 0 Å². The first-order chi connectivity index (χ1) is 7.12. The van der Waals surface area contributed by atoms with Crippen LogP contribution in [-0.4, -0.2) is 38.5 Å². The summed E-state index contributed by atoms with van der Waals surface area (Å²) >= 11 is 0. The van der Waals surface area contributed by atoms with Crippen LogP contribution in [0.3, 0.4) is 0 Å². The van der Waals surface area contributed by atoms with Crippen molar-refractivity contribution < 1.29 is 9.47 Å². The largest absolute Gasteiger partial charge is 0.379 e. The summed E-state index contributed by atoms with van der Waals surface area (Å²) in [5, 5.41) is 3.35. The molecule has 0 atom stereocenters. The Morgan fingerprint density at radius 3 is 2.47 bits per heavy atom. The molecule has 0 bridgehead atoms. The van der Waals surface area contributed by atoms with Crippen LogP contribution in [0.1, 0.15) is 33.6 Å². The summed E-state index contributed by atoms with van der Waals surface area (Å²) < 4.78 is 11.4. The van der Waals surface area contributed by atoms with Crippen LogP contribution >= 0.6 is 0 Å². The number of piperidine rings is 1. The molecular weight excluding hydrogens is 190 g/mol. The van der Waals surface area contributed by atoms with E-state index in [1.54, 1.807) is 0 Å². The van der Waals surface area contributed by atoms with E-state index < -0.39 is 0 Å². The predicted octanol–water partition coefficient (Wildman–Crippen LogP) is 1.82. The van der Waals surface area contributed by atoms with Crippen molar-refractivity contribution in [3.63, 3.8) is 0 Å². The summed E-state index contributed by atoms with van der Waals surface area (Å²) in [4.78, 5) is 0. The monoisotopic (exact) mass is 215 g/mol. The van der Waals surface area contributed by atoms with Crippen LogP contribution in [0.5, 0.6) is 0 Å². The lowest BCUT2D eigenvalue weighted by atomic mass is 9.95. The van der Waals surface area contributed by atoms with Gasteiger partial charge in [0.05, 0.1) is 18.8 Å². The van der Waals surface area contributed by atoms with Gasteiger partial charge in [-0.25, -0.2) is 0 Å². The third-order valence-corrected chi connectivity index (χ3v) is 2.79. The van der Waals surface area contributed by atoms with Crippen LogP contribution in [0.25, 0.3) is 0 Å². The van der Waals surface area contributed by atoms with E-state index in [-0.39, 0.29) is 5.60 Å². The lowest BCUT2D eigenvalue weighted by Crippen LogP contribution is -2.42. The molecule has 15 heavy (non-hydrogen) atoms. The molecule has 0 aromatic heterocycles. The predicted molar refractivity (Wildman–Crippen MR) is 62.1 cm³/mol. The average molecular weight is 215 g/mol. The van der Waals surface area contributed by atoms with Crippen LogP contribution < -0.4 is 5.32 Å². The van der Waals surface area contributed by atoms with Crippen molar-refractivity contribution in [1.82, 2.24) is 5.32 Å². The zero-order valence-corrected chi connectivity index (χ0v) is 10.3. The molecule has 0 amide bonds. The van der Waals surface area contributed by atoms with Gasteiger partial charge in [-0.15, -0.1) is 0 Å². The van der Waals surface area contributed by atoms with Crippen molar-refractivity contribution in [1.29, 1.82) is 0 Å². The average Bonchev–Trinajstić information content (AvgIpc) is 2.17. The van der Waals surface area contributed by atoms with Crippen molar-refractivity contribution in [2.45, 2.75) is 39.2 Å². The number of rotatable bonds is 6. The Hall–Kier alpha value is -0.120. The van der Waals surface area contributed by atoms with Gasteiger partial charge in [-0.1, -0.05) is 13.8 Å². The maximum atomic E-state index is 5.89. The second-order valence-corrected chi connectivity index (χ2v) is 5.02. The number of nitrogens with one attached hydrogen (secondary N) is 1. The smallest absolute Gasteiger partial charge is 0.0707 e. The fraction of sp³-hybridized carbons (Fsp3) is 1.00. The third-order valence-electron chi connectivity index (χ3n) is 2.79. The molecule has 0 aliphatic carbocycles. The lowest BCUT2D eigenvalue weighted by Gasteiger charge is -2.34. The molecule has 0 aromatic carbocycles. The zero-order chi connectivity index (χ0) is 11.1. The fourth-order valence-corrected chi connectivity index (χ4v) is 1.77. The van der Waals surface area contributed by atoms with Crippen molar-refractivity contribution >= 4 is 0 Å². The minimum atomic E-state index is 0.0758. The highest BCUT2D eigenvalue weighted by atomic mass is 16.5. The van der Waals surface area contributed by atoms with E-state index in [0.29, 0.717) is 5.92 Å². The Balaban J connectivity index is 2.03. The molecule has 1 aliphatic heterocycles. The van der Waals surface area contributed by atoms with Crippen LogP contribution in [0.2, 0.25) is 0 Å². The minimum absolute atomic E-state index is 0.0758. The summed E-state index contributed by atoms with van der Waals surface area (Å²) in [5.74, 6) is 0.611. The minimum Gasteiger partial charge on any atom is -0.379 e. The van der Waals surface area contributed by atoms with Gasteiger partial charge in [0.25, 0.3) is 0 Å². The standard InChI is InChI=1S/C12H25NO2/c1-11(2)10-14-8-9-15-12(3)4-6-13-7-5-12/h11,13H,4-10H2,1-3H3. The molecule has 0 radical (unpaired) electrons. The van der Waals surface area contributed by atoms with Gasteiger partial charge in [0, 0.05) is 6.61 Å². The fourth-order valence-electron chi connectivity index (χ4n) is 1.77. The number of hydrogen-bond donors (Lipinski definition) is 1. The van der Waals surface area contributed by atoms with Gasteiger partial charge in [-0.3, -0.25) is 0 Å². The van der Waals surface area contributed by atoms with Gasteiger partial charge in [0.15, 0.2) is 0 Å². The topological polar surface area (TPSA) is 30.5 Å². The van der Waals surface area contributed by atoms with Crippen LogP contribution in [-0.2, 0) is 9.47 Å². The summed E-state index contributed by atoms with van der Waals surface area (Å²) in [5.41, 5.74) is 0.0758. The summed E-state index contributed by atoms with van der Waals surface area (Å²) in [7, 11) is 0. The first-order valence-electron chi connectivity index (χ1n) is 6.05. The van der Waals surface area contributed by atoms with Crippen molar-refractivity contribution in [3.8, 4) is 0 Å². The van der Waals surface area contributed by atoms with E-state index in [9.17, 15) is 0 Å². The van der Waals surface area contributed by atoms with Gasteiger partial charge < -0.3 is 14.8 Å². The van der Waals surface area contributed by atoms with Crippen LogP contribution in [0.15, 0.2) is 0 Å². The molecule has 0 aromatic rings. The maximum absolute atomic E-state index is 5.89. The Labute approximate surface area is 93.5 Å². The molecule has 1 fully saturated rings. The van der Waals surface area contributed by atoms with Gasteiger partial charge in [0.1, 0.15) is 0 Å². The zero-order valence-electron chi connectivity index (χ0n) is 10.3. The molecule has 1 rings (SSSR count). The molecule has 1 N–H and O–H groups in total. The Bertz CT molecular complexity index is 165. The van der Waals surface area contributed by atoms with Crippen molar-refractivity contribution in [3.05, 3.63) is 0 Å². The van der Waals surface area contributed by atoms with E-state index in [1.165, 1.54) is 0 Å². The normalized spacial score (nSPS) is 20.8. The molecule has 1 saturated heterocycles. The molecular formula is C12H25NO2.